The minimum atomic E-state index is -0.310. The SMILES string of the molecule is CCOC(=O)c1cccc(-c2csc3cnc(Cc4ccc(N5CCOCC5)cc4)nc23)c1. The lowest BCUT2D eigenvalue weighted by molar-refractivity contribution is 0.0526. The van der Waals surface area contributed by atoms with Crippen molar-refractivity contribution in [2.75, 3.05) is 37.8 Å². The molecule has 0 unspecified atom stereocenters. The molecule has 2 aromatic carbocycles. The second-order valence-corrected chi connectivity index (χ2v) is 8.80. The first-order chi connectivity index (χ1) is 16.2. The van der Waals surface area contributed by atoms with Crippen LogP contribution in [0.25, 0.3) is 21.3 Å². The van der Waals surface area contributed by atoms with Crippen LogP contribution in [0.5, 0.6) is 0 Å². The van der Waals surface area contributed by atoms with E-state index in [0.717, 1.165) is 53.5 Å². The third-order valence-corrected chi connectivity index (χ3v) is 6.63. The molecule has 1 saturated heterocycles. The maximum Gasteiger partial charge on any atom is 0.338 e. The van der Waals surface area contributed by atoms with E-state index < -0.39 is 0 Å². The first-order valence-electron chi connectivity index (χ1n) is 11.1. The Morgan fingerprint density at radius 3 is 2.76 bits per heavy atom. The van der Waals surface area contributed by atoms with Crippen molar-refractivity contribution in [3.63, 3.8) is 0 Å². The summed E-state index contributed by atoms with van der Waals surface area (Å²) < 4.78 is 11.6. The maximum absolute atomic E-state index is 12.2. The fourth-order valence-corrected chi connectivity index (χ4v) is 4.88. The van der Waals surface area contributed by atoms with Crippen LogP contribution in [-0.4, -0.2) is 48.8 Å². The summed E-state index contributed by atoms with van der Waals surface area (Å²) in [5.74, 6) is 0.470. The van der Waals surface area contributed by atoms with Gasteiger partial charge in [-0.15, -0.1) is 11.3 Å². The highest BCUT2D eigenvalue weighted by Gasteiger charge is 2.14. The zero-order valence-corrected chi connectivity index (χ0v) is 19.3. The third kappa shape index (κ3) is 4.74. The second kappa shape index (κ2) is 9.68. The van der Waals surface area contributed by atoms with Crippen LogP contribution >= 0.6 is 11.3 Å². The molecular formula is C26H25N3O3S. The van der Waals surface area contributed by atoms with Crippen molar-refractivity contribution in [3.05, 3.63) is 77.1 Å². The van der Waals surface area contributed by atoms with Crippen molar-refractivity contribution in [1.82, 2.24) is 9.97 Å². The Labute approximate surface area is 196 Å². The number of ether oxygens (including phenoxy) is 2. The number of benzene rings is 2. The Balaban J connectivity index is 1.38. The number of aromatic nitrogens is 2. The molecule has 168 valence electrons. The number of hydrogen-bond donors (Lipinski definition) is 0. The van der Waals surface area contributed by atoms with Crippen LogP contribution in [0.2, 0.25) is 0 Å². The van der Waals surface area contributed by atoms with Gasteiger partial charge < -0.3 is 14.4 Å². The van der Waals surface area contributed by atoms with E-state index in [2.05, 4.69) is 39.5 Å². The first kappa shape index (κ1) is 21.6. The van der Waals surface area contributed by atoms with E-state index in [-0.39, 0.29) is 5.97 Å². The number of esters is 1. The quantitative estimate of drug-likeness (QED) is 0.380. The van der Waals surface area contributed by atoms with E-state index in [1.54, 1.807) is 17.4 Å². The number of morpholine rings is 1. The number of hydrogen-bond acceptors (Lipinski definition) is 7. The van der Waals surface area contributed by atoms with Crippen molar-refractivity contribution in [3.8, 4) is 11.1 Å². The monoisotopic (exact) mass is 459 g/mol. The van der Waals surface area contributed by atoms with E-state index in [4.69, 9.17) is 14.5 Å². The molecule has 5 rings (SSSR count). The van der Waals surface area contributed by atoms with Crippen molar-refractivity contribution in [2.24, 2.45) is 0 Å². The van der Waals surface area contributed by atoms with Gasteiger partial charge in [0.1, 0.15) is 5.82 Å². The second-order valence-electron chi connectivity index (χ2n) is 7.89. The number of thiophene rings is 1. The largest absolute Gasteiger partial charge is 0.462 e. The summed E-state index contributed by atoms with van der Waals surface area (Å²) in [6.45, 7) is 5.58. The summed E-state index contributed by atoms with van der Waals surface area (Å²) in [6, 6.07) is 16.1. The number of nitrogens with zero attached hydrogens (tertiary/aromatic N) is 3. The molecule has 6 nitrogen and oxygen atoms in total. The van der Waals surface area contributed by atoms with Crippen LogP contribution in [0, 0.1) is 0 Å². The van der Waals surface area contributed by atoms with E-state index in [0.29, 0.717) is 18.6 Å². The van der Waals surface area contributed by atoms with Crippen molar-refractivity contribution >= 4 is 33.2 Å². The molecule has 7 heteroatoms. The van der Waals surface area contributed by atoms with Gasteiger partial charge in [0.2, 0.25) is 0 Å². The predicted octanol–water partition coefficient (Wildman–Crippen LogP) is 4.96. The van der Waals surface area contributed by atoms with Crippen molar-refractivity contribution in [1.29, 1.82) is 0 Å². The highest BCUT2D eigenvalue weighted by atomic mass is 32.1. The molecule has 1 aliphatic rings. The number of anilines is 1. The molecule has 3 heterocycles. The highest BCUT2D eigenvalue weighted by molar-refractivity contribution is 7.17. The summed E-state index contributed by atoms with van der Waals surface area (Å²) in [6.07, 6.45) is 2.56. The lowest BCUT2D eigenvalue weighted by atomic mass is 10.0. The molecule has 0 N–H and O–H groups in total. The summed E-state index contributed by atoms with van der Waals surface area (Å²) in [5.41, 5.74) is 5.81. The normalized spacial score (nSPS) is 13.9. The molecule has 2 aromatic heterocycles. The molecule has 0 atom stereocenters. The Kier molecular flexibility index (Phi) is 6.32. The Morgan fingerprint density at radius 2 is 1.97 bits per heavy atom. The van der Waals surface area contributed by atoms with E-state index in [9.17, 15) is 4.79 Å². The van der Waals surface area contributed by atoms with Crippen LogP contribution in [0.1, 0.15) is 28.7 Å². The van der Waals surface area contributed by atoms with Crippen LogP contribution in [0.15, 0.2) is 60.1 Å². The Hall–Kier alpha value is -3.29. The summed E-state index contributed by atoms with van der Waals surface area (Å²) in [5, 5.41) is 2.07. The van der Waals surface area contributed by atoms with Gasteiger partial charge in [-0.05, 0) is 42.3 Å². The minimum absolute atomic E-state index is 0.310. The molecule has 0 aliphatic carbocycles. The van der Waals surface area contributed by atoms with Gasteiger partial charge in [-0.25, -0.2) is 14.8 Å². The fourth-order valence-electron chi connectivity index (χ4n) is 4.01. The molecule has 1 aliphatic heterocycles. The smallest absolute Gasteiger partial charge is 0.338 e. The highest BCUT2D eigenvalue weighted by Crippen LogP contribution is 2.33. The van der Waals surface area contributed by atoms with Gasteiger partial charge in [0.25, 0.3) is 0 Å². The van der Waals surface area contributed by atoms with Gasteiger partial charge in [-0.2, -0.15) is 0 Å². The summed E-state index contributed by atoms with van der Waals surface area (Å²) in [4.78, 5) is 24.0. The molecule has 0 spiro atoms. The molecule has 0 radical (unpaired) electrons. The molecule has 1 fully saturated rings. The fraction of sp³-hybridized carbons (Fsp3) is 0.269. The Morgan fingerprint density at radius 1 is 1.15 bits per heavy atom. The molecule has 0 bridgehead atoms. The average Bonchev–Trinajstić information content (AvgIpc) is 3.29. The van der Waals surface area contributed by atoms with Gasteiger partial charge in [-0.1, -0.05) is 24.3 Å². The molecule has 4 aromatic rings. The number of rotatable bonds is 6. The standard InChI is InChI=1S/C26H25N3O3S/c1-2-32-26(30)20-5-3-4-19(15-20)22-17-33-23-16-27-24(28-25(22)23)14-18-6-8-21(9-7-18)29-10-12-31-13-11-29/h3-9,15-17H,2,10-14H2,1H3. The third-order valence-electron chi connectivity index (χ3n) is 5.72. The minimum Gasteiger partial charge on any atom is -0.462 e. The van der Waals surface area contributed by atoms with E-state index >= 15 is 0 Å². The summed E-state index contributed by atoms with van der Waals surface area (Å²) in [7, 11) is 0. The van der Waals surface area contributed by atoms with Gasteiger partial charge in [0.15, 0.2) is 0 Å². The number of carbonyl (C=O) groups excluding carboxylic acids is 1. The predicted molar refractivity (Wildman–Crippen MR) is 131 cm³/mol. The van der Waals surface area contributed by atoms with Crippen LogP contribution < -0.4 is 4.90 Å². The lowest BCUT2D eigenvalue weighted by Gasteiger charge is -2.28. The topological polar surface area (TPSA) is 64.5 Å². The zero-order valence-electron chi connectivity index (χ0n) is 18.5. The van der Waals surface area contributed by atoms with Crippen LogP contribution in [0.3, 0.4) is 0 Å². The lowest BCUT2D eigenvalue weighted by Crippen LogP contribution is -2.36. The van der Waals surface area contributed by atoms with Crippen LogP contribution in [-0.2, 0) is 15.9 Å². The van der Waals surface area contributed by atoms with E-state index in [1.807, 2.05) is 31.3 Å². The van der Waals surface area contributed by atoms with Gasteiger partial charge >= 0.3 is 5.97 Å². The molecule has 0 saturated carbocycles. The number of carbonyl (C=O) groups is 1. The number of fused-ring (bicyclic) bond motifs is 1. The zero-order chi connectivity index (χ0) is 22.6. The van der Waals surface area contributed by atoms with Gasteiger partial charge in [-0.3, -0.25) is 0 Å². The van der Waals surface area contributed by atoms with Crippen molar-refractivity contribution < 1.29 is 14.3 Å². The van der Waals surface area contributed by atoms with Crippen molar-refractivity contribution in [2.45, 2.75) is 13.3 Å². The molecular weight excluding hydrogens is 434 g/mol. The van der Waals surface area contributed by atoms with Gasteiger partial charge in [0, 0.05) is 42.3 Å². The maximum atomic E-state index is 12.2. The first-order valence-corrected chi connectivity index (χ1v) is 12.0. The van der Waals surface area contributed by atoms with E-state index in [1.165, 1.54) is 11.3 Å². The summed E-state index contributed by atoms with van der Waals surface area (Å²) >= 11 is 1.61. The molecule has 0 amide bonds. The van der Waals surface area contributed by atoms with Gasteiger partial charge in [0.05, 0.1) is 35.6 Å². The van der Waals surface area contributed by atoms with Crippen LogP contribution in [0.4, 0.5) is 5.69 Å². The average molecular weight is 460 g/mol. The molecule has 33 heavy (non-hydrogen) atoms. The Bertz CT molecular complexity index is 1260.